The molecule has 2 rings (SSSR count). The fourth-order valence-electron chi connectivity index (χ4n) is 1.44. The molecule has 0 bridgehead atoms. The Morgan fingerprint density at radius 2 is 2.38 bits per heavy atom. The number of fused-ring (bicyclic) bond motifs is 1. The van der Waals surface area contributed by atoms with Crippen LogP contribution in [0.15, 0.2) is 18.2 Å². The third kappa shape index (κ3) is 2.51. The summed E-state index contributed by atoms with van der Waals surface area (Å²) in [7, 11) is 1.40. The fourth-order valence-corrected chi connectivity index (χ4v) is 2.54. The molecular formula is C11H10ClNO2S. The van der Waals surface area contributed by atoms with Crippen LogP contribution in [0.4, 0.5) is 0 Å². The van der Waals surface area contributed by atoms with Gasteiger partial charge in [0.05, 0.1) is 17.3 Å². The van der Waals surface area contributed by atoms with Gasteiger partial charge in [0.25, 0.3) is 0 Å². The predicted molar refractivity (Wildman–Crippen MR) is 65.0 cm³/mol. The van der Waals surface area contributed by atoms with Crippen LogP contribution in [-0.4, -0.2) is 18.1 Å². The number of thiazole rings is 1. The average molecular weight is 256 g/mol. The van der Waals surface area contributed by atoms with E-state index in [1.807, 2.05) is 18.2 Å². The van der Waals surface area contributed by atoms with Gasteiger partial charge in [0, 0.05) is 6.42 Å². The number of rotatable bonds is 3. The molecule has 1 aromatic heterocycles. The highest BCUT2D eigenvalue weighted by Crippen LogP contribution is 2.26. The van der Waals surface area contributed by atoms with E-state index in [9.17, 15) is 4.79 Å². The van der Waals surface area contributed by atoms with Crippen molar-refractivity contribution in [3.8, 4) is 0 Å². The first-order valence-electron chi connectivity index (χ1n) is 4.81. The number of hydrogen-bond donors (Lipinski definition) is 0. The Morgan fingerprint density at radius 1 is 1.56 bits per heavy atom. The Kier molecular flexibility index (Phi) is 3.41. The molecule has 0 N–H and O–H groups in total. The maximum atomic E-state index is 11.0. The Bertz CT molecular complexity index is 524. The molecule has 1 aromatic carbocycles. The largest absolute Gasteiger partial charge is 0.469 e. The van der Waals surface area contributed by atoms with Gasteiger partial charge in [-0.3, -0.25) is 4.79 Å². The van der Waals surface area contributed by atoms with Crippen molar-refractivity contribution in [1.82, 2.24) is 4.98 Å². The molecule has 5 heteroatoms. The monoisotopic (exact) mass is 255 g/mol. The lowest BCUT2D eigenvalue weighted by atomic mass is 10.1. The van der Waals surface area contributed by atoms with Crippen molar-refractivity contribution < 1.29 is 9.53 Å². The van der Waals surface area contributed by atoms with Gasteiger partial charge in [-0.2, -0.15) is 0 Å². The Hall–Kier alpha value is -1.13. The molecule has 0 amide bonds. The van der Waals surface area contributed by atoms with Crippen LogP contribution in [0.2, 0.25) is 4.47 Å². The molecule has 0 aliphatic rings. The first kappa shape index (κ1) is 11.4. The molecule has 2 aromatic rings. The summed E-state index contributed by atoms with van der Waals surface area (Å²) in [6.45, 7) is 0. The molecule has 0 aliphatic heterocycles. The van der Waals surface area contributed by atoms with E-state index in [0.717, 1.165) is 15.8 Å². The number of benzene rings is 1. The van der Waals surface area contributed by atoms with Crippen LogP contribution >= 0.6 is 22.9 Å². The zero-order valence-corrected chi connectivity index (χ0v) is 10.3. The summed E-state index contributed by atoms with van der Waals surface area (Å²) in [6, 6.07) is 5.90. The van der Waals surface area contributed by atoms with Gasteiger partial charge in [-0.15, -0.1) is 11.3 Å². The van der Waals surface area contributed by atoms with Gasteiger partial charge in [-0.1, -0.05) is 17.7 Å². The topological polar surface area (TPSA) is 39.2 Å². The van der Waals surface area contributed by atoms with Crippen molar-refractivity contribution >= 4 is 39.1 Å². The van der Waals surface area contributed by atoms with Gasteiger partial charge in [0.2, 0.25) is 0 Å². The number of aryl methyl sites for hydroxylation is 1. The molecule has 0 atom stereocenters. The zero-order valence-electron chi connectivity index (χ0n) is 8.70. The number of nitrogens with zero attached hydrogens (tertiary/aromatic N) is 1. The second kappa shape index (κ2) is 4.80. The van der Waals surface area contributed by atoms with Crippen molar-refractivity contribution in [2.24, 2.45) is 0 Å². The highest BCUT2D eigenvalue weighted by molar-refractivity contribution is 7.22. The second-order valence-electron chi connectivity index (χ2n) is 3.35. The minimum absolute atomic E-state index is 0.192. The summed E-state index contributed by atoms with van der Waals surface area (Å²) in [5, 5.41) is 0. The smallest absolute Gasteiger partial charge is 0.305 e. The van der Waals surface area contributed by atoms with Crippen molar-refractivity contribution in [3.05, 3.63) is 28.2 Å². The molecule has 3 nitrogen and oxygen atoms in total. The fraction of sp³-hybridized carbons (Fsp3) is 0.273. The van der Waals surface area contributed by atoms with Crippen LogP contribution < -0.4 is 0 Å². The Labute approximate surface area is 102 Å². The van der Waals surface area contributed by atoms with E-state index in [1.165, 1.54) is 18.4 Å². The van der Waals surface area contributed by atoms with Gasteiger partial charge in [0.15, 0.2) is 4.47 Å². The Balaban J connectivity index is 2.16. The van der Waals surface area contributed by atoms with E-state index < -0.39 is 0 Å². The maximum Gasteiger partial charge on any atom is 0.305 e. The van der Waals surface area contributed by atoms with Gasteiger partial charge >= 0.3 is 5.97 Å². The molecule has 0 aliphatic carbocycles. The van der Waals surface area contributed by atoms with Crippen molar-refractivity contribution in [2.45, 2.75) is 12.8 Å². The SMILES string of the molecule is COC(=O)CCc1ccc2nc(Cl)sc2c1. The number of halogens is 1. The number of carbonyl (C=O) groups is 1. The van der Waals surface area contributed by atoms with E-state index in [2.05, 4.69) is 9.72 Å². The lowest BCUT2D eigenvalue weighted by Crippen LogP contribution is -2.01. The van der Waals surface area contributed by atoms with Crippen molar-refractivity contribution in [2.75, 3.05) is 7.11 Å². The number of ether oxygens (including phenoxy) is 1. The van der Waals surface area contributed by atoms with Gasteiger partial charge in [-0.25, -0.2) is 4.98 Å². The van der Waals surface area contributed by atoms with Crippen LogP contribution in [0.1, 0.15) is 12.0 Å². The minimum Gasteiger partial charge on any atom is -0.469 e. The van der Waals surface area contributed by atoms with Gasteiger partial charge in [-0.05, 0) is 24.1 Å². The van der Waals surface area contributed by atoms with Crippen LogP contribution in [-0.2, 0) is 16.0 Å². The van der Waals surface area contributed by atoms with Crippen LogP contribution in [0, 0.1) is 0 Å². The van der Waals surface area contributed by atoms with Crippen molar-refractivity contribution in [1.29, 1.82) is 0 Å². The molecule has 0 unspecified atom stereocenters. The quantitative estimate of drug-likeness (QED) is 0.792. The number of carbonyl (C=O) groups excluding carboxylic acids is 1. The van der Waals surface area contributed by atoms with E-state index in [-0.39, 0.29) is 5.97 Å². The third-order valence-electron chi connectivity index (χ3n) is 2.27. The highest BCUT2D eigenvalue weighted by Gasteiger charge is 2.05. The summed E-state index contributed by atoms with van der Waals surface area (Å²) in [6.07, 6.45) is 1.08. The summed E-state index contributed by atoms with van der Waals surface area (Å²) < 4.78 is 6.18. The molecule has 16 heavy (non-hydrogen) atoms. The van der Waals surface area contributed by atoms with Crippen LogP contribution in [0.5, 0.6) is 0 Å². The minimum atomic E-state index is -0.192. The van der Waals surface area contributed by atoms with Crippen LogP contribution in [0.25, 0.3) is 10.2 Å². The van der Waals surface area contributed by atoms with E-state index >= 15 is 0 Å². The number of methoxy groups -OCH3 is 1. The average Bonchev–Trinajstić information content (AvgIpc) is 2.65. The van der Waals surface area contributed by atoms with E-state index in [4.69, 9.17) is 11.6 Å². The lowest BCUT2D eigenvalue weighted by molar-refractivity contribution is -0.140. The summed E-state index contributed by atoms with van der Waals surface area (Å²) in [5.41, 5.74) is 2.00. The number of aromatic nitrogens is 1. The molecular weight excluding hydrogens is 246 g/mol. The molecule has 0 fully saturated rings. The summed E-state index contributed by atoms with van der Waals surface area (Å²) in [5.74, 6) is -0.192. The summed E-state index contributed by atoms with van der Waals surface area (Å²) in [4.78, 5) is 15.2. The van der Waals surface area contributed by atoms with Gasteiger partial charge in [0.1, 0.15) is 0 Å². The van der Waals surface area contributed by atoms with Crippen molar-refractivity contribution in [3.63, 3.8) is 0 Å². The first-order chi connectivity index (χ1) is 7.69. The first-order valence-corrected chi connectivity index (χ1v) is 6.00. The third-order valence-corrected chi connectivity index (χ3v) is 3.39. The molecule has 0 saturated heterocycles. The second-order valence-corrected chi connectivity index (χ2v) is 4.96. The standard InChI is InChI=1S/C11H10ClNO2S/c1-15-10(14)5-3-7-2-4-8-9(6-7)16-11(12)13-8/h2,4,6H,3,5H2,1H3. The number of esters is 1. The normalized spacial score (nSPS) is 10.6. The van der Waals surface area contributed by atoms with Crippen LogP contribution in [0.3, 0.4) is 0 Å². The molecule has 0 saturated carbocycles. The molecule has 1 heterocycles. The van der Waals surface area contributed by atoms with E-state index in [0.29, 0.717) is 17.3 Å². The van der Waals surface area contributed by atoms with Gasteiger partial charge < -0.3 is 4.74 Å². The molecule has 84 valence electrons. The number of hydrogen-bond acceptors (Lipinski definition) is 4. The molecule has 0 radical (unpaired) electrons. The highest BCUT2D eigenvalue weighted by atomic mass is 35.5. The summed E-state index contributed by atoms with van der Waals surface area (Å²) >= 11 is 7.26. The molecule has 0 spiro atoms. The Morgan fingerprint density at radius 3 is 3.12 bits per heavy atom. The predicted octanol–water partition coefficient (Wildman–Crippen LogP) is 3.06. The maximum absolute atomic E-state index is 11.0. The zero-order chi connectivity index (χ0) is 11.5. The van der Waals surface area contributed by atoms with E-state index in [1.54, 1.807) is 0 Å². The lowest BCUT2D eigenvalue weighted by Gasteiger charge is -2.00.